The van der Waals surface area contributed by atoms with Crippen molar-refractivity contribution in [2.75, 3.05) is 13.1 Å². The summed E-state index contributed by atoms with van der Waals surface area (Å²) in [6, 6.07) is 0.539. The van der Waals surface area contributed by atoms with Gasteiger partial charge < -0.3 is 10.6 Å². The Kier molecular flexibility index (Phi) is 3.02. The van der Waals surface area contributed by atoms with Gasteiger partial charge in [-0.3, -0.25) is 0 Å². The highest BCUT2D eigenvalue weighted by Crippen LogP contribution is 2.34. The number of alkyl halides is 2. The minimum absolute atomic E-state index is 0.0275. The molecule has 82 valence electrons. The SMILES string of the molecule is FC1(F)CCC(NCC2CCCN2)C1. The Bertz CT molecular complexity index is 191. The maximum Gasteiger partial charge on any atom is 0.249 e. The smallest absolute Gasteiger partial charge is 0.249 e. The van der Waals surface area contributed by atoms with Crippen LogP contribution in [0.4, 0.5) is 8.78 Å². The normalized spacial score (nSPS) is 36.4. The van der Waals surface area contributed by atoms with Crippen molar-refractivity contribution >= 4 is 0 Å². The van der Waals surface area contributed by atoms with Crippen LogP contribution >= 0.6 is 0 Å². The van der Waals surface area contributed by atoms with Gasteiger partial charge >= 0.3 is 0 Å². The van der Waals surface area contributed by atoms with Gasteiger partial charge in [-0.2, -0.15) is 0 Å². The highest BCUT2D eigenvalue weighted by molar-refractivity contribution is 4.87. The molecule has 2 aliphatic rings. The lowest BCUT2D eigenvalue weighted by Gasteiger charge is -2.16. The van der Waals surface area contributed by atoms with Crippen LogP contribution in [0.15, 0.2) is 0 Å². The topological polar surface area (TPSA) is 24.1 Å². The average Bonchev–Trinajstić information content (AvgIpc) is 2.70. The number of nitrogens with one attached hydrogen (secondary N) is 2. The van der Waals surface area contributed by atoms with Crippen molar-refractivity contribution in [2.24, 2.45) is 0 Å². The van der Waals surface area contributed by atoms with E-state index in [0.29, 0.717) is 12.5 Å². The predicted molar refractivity (Wildman–Crippen MR) is 51.6 cm³/mol. The van der Waals surface area contributed by atoms with E-state index in [2.05, 4.69) is 10.6 Å². The Hall–Kier alpha value is -0.220. The molecular formula is C10H18F2N2. The molecule has 1 saturated carbocycles. The second-order valence-corrected chi connectivity index (χ2v) is 4.50. The van der Waals surface area contributed by atoms with Crippen LogP contribution in [0.2, 0.25) is 0 Å². The second kappa shape index (κ2) is 4.11. The quantitative estimate of drug-likeness (QED) is 0.728. The number of halogens is 2. The molecule has 4 heteroatoms. The van der Waals surface area contributed by atoms with Crippen molar-refractivity contribution in [1.82, 2.24) is 10.6 Å². The van der Waals surface area contributed by atoms with Gasteiger partial charge in [0.2, 0.25) is 5.92 Å². The van der Waals surface area contributed by atoms with Gasteiger partial charge in [-0.05, 0) is 25.8 Å². The molecule has 1 heterocycles. The zero-order valence-electron chi connectivity index (χ0n) is 8.36. The fourth-order valence-electron chi connectivity index (χ4n) is 2.36. The Labute approximate surface area is 83.4 Å². The molecule has 0 spiro atoms. The van der Waals surface area contributed by atoms with Gasteiger partial charge in [0.05, 0.1) is 0 Å². The highest BCUT2D eigenvalue weighted by Gasteiger charge is 2.39. The fourth-order valence-corrected chi connectivity index (χ4v) is 2.36. The molecule has 2 rings (SSSR count). The van der Waals surface area contributed by atoms with Crippen LogP contribution in [0.5, 0.6) is 0 Å². The third-order valence-electron chi connectivity index (χ3n) is 3.22. The molecule has 1 saturated heterocycles. The lowest BCUT2D eigenvalue weighted by atomic mass is 10.2. The summed E-state index contributed by atoms with van der Waals surface area (Å²) in [7, 11) is 0. The Morgan fingerprint density at radius 2 is 2.21 bits per heavy atom. The minimum Gasteiger partial charge on any atom is -0.313 e. The van der Waals surface area contributed by atoms with E-state index in [1.807, 2.05) is 0 Å². The lowest BCUT2D eigenvalue weighted by Crippen LogP contribution is -2.38. The molecule has 2 N–H and O–H groups in total. The highest BCUT2D eigenvalue weighted by atomic mass is 19.3. The summed E-state index contributed by atoms with van der Waals surface area (Å²) >= 11 is 0. The monoisotopic (exact) mass is 204 g/mol. The molecule has 1 aliphatic heterocycles. The Morgan fingerprint density at radius 3 is 2.79 bits per heavy atom. The van der Waals surface area contributed by atoms with E-state index >= 15 is 0 Å². The summed E-state index contributed by atoms with van der Waals surface area (Å²) in [6.07, 6.45) is 3.10. The molecule has 2 nitrogen and oxygen atoms in total. The van der Waals surface area contributed by atoms with E-state index in [0.717, 1.165) is 13.1 Å². The molecule has 2 atom stereocenters. The van der Waals surface area contributed by atoms with Crippen molar-refractivity contribution in [2.45, 2.75) is 50.1 Å². The van der Waals surface area contributed by atoms with Gasteiger partial charge in [0.15, 0.2) is 0 Å². The molecule has 0 radical (unpaired) electrons. The third-order valence-corrected chi connectivity index (χ3v) is 3.22. The van der Waals surface area contributed by atoms with E-state index < -0.39 is 5.92 Å². The maximum absolute atomic E-state index is 12.8. The zero-order valence-corrected chi connectivity index (χ0v) is 8.36. The van der Waals surface area contributed by atoms with E-state index in [-0.39, 0.29) is 18.9 Å². The summed E-state index contributed by atoms with van der Waals surface area (Å²) < 4.78 is 25.7. The first-order chi connectivity index (χ1) is 6.66. The standard InChI is InChI=1S/C10H18F2N2/c11-10(12)4-3-8(6-10)14-7-9-2-1-5-13-9/h8-9,13-14H,1-7H2. The largest absolute Gasteiger partial charge is 0.313 e. The molecule has 2 fully saturated rings. The lowest BCUT2D eigenvalue weighted by molar-refractivity contribution is 0.00688. The van der Waals surface area contributed by atoms with Gasteiger partial charge in [-0.25, -0.2) is 8.78 Å². The van der Waals surface area contributed by atoms with Crippen LogP contribution in [-0.2, 0) is 0 Å². The summed E-state index contributed by atoms with van der Waals surface area (Å²) in [5.41, 5.74) is 0. The van der Waals surface area contributed by atoms with E-state index in [1.165, 1.54) is 12.8 Å². The van der Waals surface area contributed by atoms with Gasteiger partial charge in [0.25, 0.3) is 0 Å². The third kappa shape index (κ3) is 2.64. The van der Waals surface area contributed by atoms with Crippen LogP contribution in [-0.4, -0.2) is 31.1 Å². The summed E-state index contributed by atoms with van der Waals surface area (Å²) in [5.74, 6) is -2.42. The Balaban J connectivity index is 1.66. The van der Waals surface area contributed by atoms with E-state index in [4.69, 9.17) is 0 Å². The molecule has 1 aliphatic carbocycles. The molecule has 0 aromatic carbocycles. The molecule has 0 aromatic rings. The molecule has 0 bridgehead atoms. The van der Waals surface area contributed by atoms with E-state index in [9.17, 15) is 8.78 Å². The molecule has 2 unspecified atom stereocenters. The van der Waals surface area contributed by atoms with Gasteiger partial charge in [-0.15, -0.1) is 0 Å². The summed E-state index contributed by atoms with van der Waals surface area (Å²) in [6.45, 7) is 1.92. The van der Waals surface area contributed by atoms with Gasteiger partial charge in [0, 0.05) is 31.5 Å². The van der Waals surface area contributed by atoms with Crippen molar-refractivity contribution in [3.63, 3.8) is 0 Å². The number of hydrogen-bond donors (Lipinski definition) is 2. The maximum atomic E-state index is 12.8. The van der Waals surface area contributed by atoms with Crippen LogP contribution in [0.1, 0.15) is 32.1 Å². The van der Waals surface area contributed by atoms with Crippen LogP contribution in [0, 0.1) is 0 Å². The average molecular weight is 204 g/mol. The molecule has 0 amide bonds. The van der Waals surface area contributed by atoms with Gasteiger partial charge in [-0.1, -0.05) is 0 Å². The zero-order chi connectivity index (χ0) is 10.0. The number of rotatable bonds is 3. The van der Waals surface area contributed by atoms with E-state index in [1.54, 1.807) is 0 Å². The van der Waals surface area contributed by atoms with Gasteiger partial charge in [0.1, 0.15) is 0 Å². The first-order valence-electron chi connectivity index (χ1n) is 5.50. The van der Waals surface area contributed by atoms with Crippen molar-refractivity contribution in [1.29, 1.82) is 0 Å². The van der Waals surface area contributed by atoms with Crippen LogP contribution < -0.4 is 10.6 Å². The summed E-state index contributed by atoms with van der Waals surface area (Å²) in [4.78, 5) is 0. The summed E-state index contributed by atoms with van der Waals surface area (Å²) in [5, 5.41) is 6.59. The first kappa shape index (κ1) is 10.3. The van der Waals surface area contributed by atoms with Crippen molar-refractivity contribution in [3.8, 4) is 0 Å². The Morgan fingerprint density at radius 1 is 1.36 bits per heavy atom. The molecule has 14 heavy (non-hydrogen) atoms. The predicted octanol–water partition coefficient (Wildman–Crippen LogP) is 1.52. The van der Waals surface area contributed by atoms with Crippen LogP contribution in [0.25, 0.3) is 0 Å². The minimum atomic E-state index is -2.42. The first-order valence-corrected chi connectivity index (χ1v) is 5.50. The second-order valence-electron chi connectivity index (χ2n) is 4.50. The van der Waals surface area contributed by atoms with Crippen LogP contribution in [0.3, 0.4) is 0 Å². The number of hydrogen-bond acceptors (Lipinski definition) is 2. The van der Waals surface area contributed by atoms with Crippen molar-refractivity contribution < 1.29 is 8.78 Å². The molecular weight excluding hydrogens is 186 g/mol. The van der Waals surface area contributed by atoms with Crippen molar-refractivity contribution in [3.05, 3.63) is 0 Å². The molecule has 0 aromatic heterocycles. The fraction of sp³-hybridized carbons (Fsp3) is 1.00.